The van der Waals surface area contributed by atoms with Crippen molar-refractivity contribution in [3.8, 4) is 5.75 Å². The number of nitrogens with one attached hydrogen (secondary N) is 1. The van der Waals surface area contributed by atoms with E-state index in [-0.39, 0.29) is 23.6 Å². The van der Waals surface area contributed by atoms with Gasteiger partial charge < -0.3 is 14.8 Å². The van der Waals surface area contributed by atoms with Gasteiger partial charge in [0.1, 0.15) is 5.75 Å². The molecule has 0 spiro atoms. The van der Waals surface area contributed by atoms with E-state index in [0.29, 0.717) is 18.9 Å². The lowest BCUT2D eigenvalue weighted by molar-refractivity contribution is -0.158. The Hall–Kier alpha value is -2.31. The number of esters is 1. The van der Waals surface area contributed by atoms with Crippen LogP contribution in [0.2, 0.25) is 0 Å². The van der Waals surface area contributed by atoms with E-state index in [4.69, 9.17) is 9.47 Å². The second-order valence-corrected chi connectivity index (χ2v) is 9.66. The van der Waals surface area contributed by atoms with Crippen LogP contribution in [-0.4, -0.2) is 43.3 Å². The lowest BCUT2D eigenvalue weighted by Gasteiger charge is -2.27. The number of rotatable bonds is 8. The average Bonchev–Trinajstić information content (AvgIpc) is 3.26. The SMILES string of the molecule is CCOC(=O)C(C)(C)Oc1c(C)cc([C@H]2CNC[C@@H]2C(=O)c2ccc(SC)cc2)cc1C. The Kier molecular flexibility index (Phi) is 7.67. The van der Waals surface area contributed by atoms with E-state index in [2.05, 4.69) is 17.4 Å². The number of thioether (sulfide) groups is 1. The fourth-order valence-corrected chi connectivity index (χ4v) is 4.64. The van der Waals surface area contributed by atoms with Gasteiger partial charge in [-0.2, -0.15) is 0 Å². The molecule has 0 amide bonds. The van der Waals surface area contributed by atoms with Crippen LogP contribution in [-0.2, 0) is 9.53 Å². The highest BCUT2D eigenvalue weighted by Crippen LogP contribution is 2.36. The fourth-order valence-electron chi connectivity index (χ4n) is 4.23. The van der Waals surface area contributed by atoms with E-state index in [1.807, 2.05) is 44.4 Å². The molecule has 2 atom stereocenters. The normalized spacial score (nSPS) is 18.4. The zero-order valence-electron chi connectivity index (χ0n) is 19.8. The molecule has 1 saturated heterocycles. The Labute approximate surface area is 195 Å². The molecule has 32 heavy (non-hydrogen) atoms. The van der Waals surface area contributed by atoms with Crippen LogP contribution in [0, 0.1) is 19.8 Å². The summed E-state index contributed by atoms with van der Waals surface area (Å²) in [6.45, 7) is 10.9. The third kappa shape index (κ3) is 5.18. The standard InChI is InChI=1S/C26H33NO4S/c1-7-30-25(29)26(4,5)31-24-16(2)12-19(13-17(24)3)21-14-27-15-22(21)23(28)18-8-10-20(32-6)11-9-18/h8-13,21-22,27H,7,14-15H2,1-6H3/t21-,22+/m1/s1. The van der Waals surface area contributed by atoms with Gasteiger partial charge in [0, 0.05) is 35.4 Å². The molecule has 2 aromatic rings. The second-order valence-electron chi connectivity index (χ2n) is 8.78. The molecule has 0 radical (unpaired) electrons. The molecule has 1 aliphatic rings. The van der Waals surface area contributed by atoms with Crippen molar-refractivity contribution in [2.75, 3.05) is 26.0 Å². The molecule has 1 aliphatic heterocycles. The first-order valence-corrected chi connectivity index (χ1v) is 12.3. The van der Waals surface area contributed by atoms with Gasteiger partial charge in [-0.1, -0.05) is 24.3 Å². The molecule has 0 aliphatic carbocycles. The maximum absolute atomic E-state index is 13.3. The van der Waals surface area contributed by atoms with Gasteiger partial charge in [0.15, 0.2) is 11.4 Å². The molecular formula is C26H33NO4S. The monoisotopic (exact) mass is 455 g/mol. The highest BCUT2D eigenvalue weighted by molar-refractivity contribution is 7.98. The van der Waals surface area contributed by atoms with Gasteiger partial charge in [0.25, 0.3) is 0 Å². The molecule has 1 fully saturated rings. The van der Waals surface area contributed by atoms with E-state index in [9.17, 15) is 9.59 Å². The van der Waals surface area contributed by atoms with Gasteiger partial charge in [-0.25, -0.2) is 4.79 Å². The van der Waals surface area contributed by atoms with Crippen LogP contribution in [0.15, 0.2) is 41.3 Å². The second kappa shape index (κ2) is 10.1. The summed E-state index contributed by atoms with van der Waals surface area (Å²) in [5, 5.41) is 3.40. The summed E-state index contributed by atoms with van der Waals surface area (Å²) >= 11 is 1.67. The third-order valence-electron chi connectivity index (χ3n) is 5.96. The van der Waals surface area contributed by atoms with Crippen LogP contribution in [0.5, 0.6) is 5.75 Å². The van der Waals surface area contributed by atoms with Crippen molar-refractivity contribution in [1.29, 1.82) is 0 Å². The molecule has 0 bridgehead atoms. The number of ether oxygens (including phenoxy) is 2. The lowest BCUT2D eigenvalue weighted by atomic mass is 9.82. The first-order chi connectivity index (χ1) is 15.2. The van der Waals surface area contributed by atoms with Crippen molar-refractivity contribution in [1.82, 2.24) is 5.32 Å². The van der Waals surface area contributed by atoms with Gasteiger partial charge in [-0.15, -0.1) is 11.8 Å². The lowest BCUT2D eigenvalue weighted by Crippen LogP contribution is -2.40. The minimum Gasteiger partial charge on any atom is -0.476 e. The predicted molar refractivity (Wildman–Crippen MR) is 129 cm³/mol. The fraction of sp³-hybridized carbons (Fsp3) is 0.462. The minimum absolute atomic E-state index is 0.0900. The largest absolute Gasteiger partial charge is 0.476 e. The van der Waals surface area contributed by atoms with Crippen molar-refractivity contribution >= 4 is 23.5 Å². The Morgan fingerprint density at radius 2 is 1.72 bits per heavy atom. The van der Waals surface area contributed by atoms with Crippen molar-refractivity contribution in [3.05, 3.63) is 58.7 Å². The quantitative estimate of drug-likeness (QED) is 0.346. The predicted octanol–water partition coefficient (Wildman–Crippen LogP) is 4.93. The van der Waals surface area contributed by atoms with Gasteiger partial charge >= 0.3 is 5.97 Å². The number of aryl methyl sites for hydroxylation is 2. The summed E-state index contributed by atoms with van der Waals surface area (Å²) < 4.78 is 11.3. The molecule has 5 nitrogen and oxygen atoms in total. The molecule has 1 N–H and O–H groups in total. The number of Topliss-reactive ketones (excluding diaryl/α,β-unsaturated/α-hetero) is 1. The maximum Gasteiger partial charge on any atom is 0.349 e. The van der Waals surface area contributed by atoms with Crippen molar-refractivity contribution < 1.29 is 19.1 Å². The van der Waals surface area contributed by atoms with Gasteiger partial charge in [-0.3, -0.25) is 4.79 Å². The molecule has 1 heterocycles. The van der Waals surface area contributed by atoms with Gasteiger partial charge in [-0.05, 0) is 69.7 Å². The van der Waals surface area contributed by atoms with E-state index in [1.165, 1.54) is 0 Å². The average molecular weight is 456 g/mol. The minimum atomic E-state index is -1.08. The highest BCUT2D eigenvalue weighted by atomic mass is 32.2. The molecule has 0 aromatic heterocycles. The third-order valence-corrected chi connectivity index (χ3v) is 6.70. The van der Waals surface area contributed by atoms with E-state index in [1.54, 1.807) is 32.5 Å². The topological polar surface area (TPSA) is 64.6 Å². The van der Waals surface area contributed by atoms with Crippen molar-refractivity contribution in [2.45, 2.75) is 51.0 Å². The first kappa shape index (κ1) is 24.3. The number of hydrogen-bond acceptors (Lipinski definition) is 6. The zero-order chi connectivity index (χ0) is 23.5. The van der Waals surface area contributed by atoms with Crippen LogP contribution >= 0.6 is 11.8 Å². The molecule has 3 rings (SSSR count). The van der Waals surface area contributed by atoms with Crippen LogP contribution in [0.4, 0.5) is 0 Å². The number of hydrogen-bond donors (Lipinski definition) is 1. The summed E-state index contributed by atoms with van der Waals surface area (Å²) in [4.78, 5) is 26.7. The molecule has 6 heteroatoms. The zero-order valence-corrected chi connectivity index (χ0v) is 20.6. The summed E-state index contributed by atoms with van der Waals surface area (Å²) in [5.41, 5.74) is 2.68. The van der Waals surface area contributed by atoms with Crippen LogP contribution in [0.3, 0.4) is 0 Å². The molecule has 0 saturated carbocycles. The number of ketones is 1. The van der Waals surface area contributed by atoms with Crippen molar-refractivity contribution in [2.24, 2.45) is 5.92 Å². The maximum atomic E-state index is 13.3. The van der Waals surface area contributed by atoms with Gasteiger partial charge in [0.2, 0.25) is 0 Å². The van der Waals surface area contributed by atoms with E-state index < -0.39 is 5.60 Å². The van der Waals surface area contributed by atoms with Crippen LogP contribution < -0.4 is 10.1 Å². The van der Waals surface area contributed by atoms with Crippen molar-refractivity contribution in [3.63, 3.8) is 0 Å². The molecule has 172 valence electrons. The number of benzene rings is 2. The van der Waals surface area contributed by atoms with E-state index in [0.717, 1.165) is 33.7 Å². The number of carbonyl (C=O) groups excluding carboxylic acids is 2. The van der Waals surface area contributed by atoms with Crippen LogP contribution in [0.25, 0.3) is 0 Å². The Balaban J connectivity index is 1.84. The Bertz CT molecular complexity index is 961. The summed E-state index contributed by atoms with van der Waals surface area (Å²) in [5.74, 6) is 0.449. The smallest absolute Gasteiger partial charge is 0.349 e. The Morgan fingerprint density at radius 1 is 1.09 bits per heavy atom. The highest BCUT2D eigenvalue weighted by Gasteiger charge is 2.36. The summed E-state index contributed by atoms with van der Waals surface area (Å²) in [7, 11) is 0. The van der Waals surface area contributed by atoms with E-state index >= 15 is 0 Å². The Morgan fingerprint density at radius 3 is 2.28 bits per heavy atom. The van der Waals surface area contributed by atoms with Gasteiger partial charge in [0.05, 0.1) is 6.61 Å². The summed E-state index contributed by atoms with van der Waals surface area (Å²) in [6, 6.07) is 12.0. The van der Waals surface area contributed by atoms with Crippen LogP contribution in [0.1, 0.15) is 53.7 Å². The molecule has 0 unspecified atom stereocenters. The molecule has 2 aromatic carbocycles. The first-order valence-electron chi connectivity index (χ1n) is 11.0. The molecular weight excluding hydrogens is 422 g/mol. The number of carbonyl (C=O) groups is 2. The summed E-state index contributed by atoms with van der Waals surface area (Å²) in [6.07, 6.45) is 2.03.